The molecular formula is C20H24ClN5O4S. The summed E-state index contributed by atoms with van der Waals surface area (Å²) < 4.78 is 6.10. The van der Waals surface area contributed by atoms with Crippen LogP contribution >= 0.6 is 22.9 Å². The molecule has 0 unspecified atom stereocenters. The number of carbonyl (C=O) groups excluding carboxylic acids is 1. The number of nitrogens with one attached hydrogen (secondary N) is 2. The number of aryl methyl sites for hydroxylation is 2. The molecule has 3 aromatic heterocycles. The highest BCUT2D eigenvalue weighted by Crippen LogP contribution is 2.37. The zero-order chi connectivity index (χ0) is 22.7. The number of aromatic amines is 1. The topological polar surface area (TPSA) is 130 Å². The van der Waals surface area contributed by atoms with Gasteiger partial charge >= 0.3 is 5.97 Å². The quantitative estimate of drug-likeness (QED) is 0.417. The average Bonchev–Trinajstić information content (AvgIpc) is 3.32. The molecule has 9 nitrogen and oxygen atoms in total. The van der Waals surface area contributed by atoms with Gasteiger partial charge < -0.3 is 14.8 Å². The minimum atomic E-state index is -1.03. The molecule has 0 bridgehead atoms. The van der Waals surface area contributed by atoms with Gasteiger partial charge in [0, 0.05) is 0 Å². The normalized spacial score (nSPS) is 11.3. The molecule has 11 heteroatoms. The Labute approximate surface area is 188 Å². The number of carbonyl (C=O) groups is 2. The first-order valence-electron chi connectivity index (χ1n) is 10.1. The third-order valence-electron chi connectivity index (χ3n) is 4.88. The van der Waals surface area contributed by atoms with Gasteiger partial charge in [-0.15, -0.1) is 11.3 Å². The molecular weight excluding hydrogens is 442 g/mol. The van der Waals surface area contributed by atoms with Crippen LogP contribution in [0.15, 0.2) is 0 Å². The summed E-state index contributed by atoms with van der Waals surface area (Å²) in [4.78, 5) is 40.7. The molecule has 0 atom stereocenters. The van der Waals surface area contributed by atoms with Crippen molar-refractivity contribution in [1.29, 1.82) is 0 Å². The van der Waals surface area contributed by atoms with Crippen LogP contribution in [0.4, 0.5) is 5.95 Å². The lowest BCUT2D eigenvalue weighted by molar-refractivity contribution is 0.0701. The number of imidazole rings is 1. The van der Waals surface area contributed by atoms with E-state index in [0.717, 1.165) is 24.2 Å². The van der Waals surface area contributed by atoms with Gasteiger partial charge in [-0.2, -0.15) is 4.98 Å². The van der Waals surface area contributed by atoms with E-state index >= 15 is 0 Å². The first kappa shape index (κ1) is 23.0. The van der Waals surface area contributed by atoms with Gasteiger partial charge in [-0.05, 0) is 31.2 Å². The molecule has 0 aromatic carbocycles. The second-order valence-corrected chi connectivity index (χ2v) is 8.18. The third kappa shape index (κ3) is 4.64. The van der Waals surface area contributed by atoms with Crippen molar-refractivity contribution in [2.75, 3.05) is 5.32 Å². The Bertz CT molecular complexity index is 1120. The molecule has 3 rings (SSSR count). The molecule has 0 saturated heterocycles. The van der Waals surface area contributed by atoms with Gasteiger partial charge in [0.2, 0.25) is 11.8 Å². The van der Waals surface area contributed by atoms with Crippen LogP contribution in [0, 0.1) is 0 Å². The molecule has 3 heterocycles. The zero-order valence-electron chi connectivity index (χ0n) is 17.7. The fraction of sp³-hybridized carbons (Fsp3) is 0.450. The highest BCUT2D eigenvalue weighted by atomic mass is 35.5. The third-order valence-corrected chi connectivity index (χ3v) is 6.30. The fourth-order valence-electron chi connectivity index (χ4n) is 3.18. The smallest absolute Gasteiger partial charge is 0.346 e. The molecule has 0 aliphatic heterocycles. The van der Waals surface area contributed by atoms with Gasteiger partial charge in [0.05, 0.1) is 17.2 Å². The lowest BCUT2D eigenvalue weighted by Crippen LogP contribution is -2.18. The van der Waals surface area contributed by atoms with E-state index in [9.17, 15) is 14.7 Å². The lowest BCUT2D eigenvalue weighted by atomic mass is 10.1. The Morgan fingerprint density at radius 1 is 1.16 bits per heavy atom. The summed E-state index contributed by atoms with van der Waals surface area (Å²) >= 11 is 7.06. The second kappa shape index (κ2) is 9.61. The summed E-state index contributed by atoms with van der Waals surface area (Å²) in [6, 6.07) is 0. The van der Waals surface area contributed by atoms with Crippen molar-refractivity contribution >= 4 is 51.0 Å². The number of halogens is 1. The Balaban J connectivity index is 2.07. The molecule has 0 radical (unpaired) electrons. The number of rotatable bonds is 9. The number of carboxylic acids is 1. The van der Waals surface area contributed by atoms with Crippen LogP contribution in [0.1, 0.15) is 72.1 Å². The molecule has 0 fully saturated rings. The average molecular weight is 466 g/mol. The Kier molecular flexibility index (Phi) is 7.11. The van der Waals surface area contributed by atoms with Gasteiger partial charge in [-0.1, -0.05) is 39.3 Å². The number of ether oxygens (including phenoxy) is 1. The summed E-state index contributed by atoms with van der Waals surface area (Å²) in [5.41, 5.74) is 1.27. The maximum Gasteiger partial charge on any atom is 0.346 e. The number of nitrogens with zero attached hydrogens (tertiary/aromatic N) is 3. The van der Waals surface area contributed by atoms with E-state index in [1.165, 1.54) is 0 Å². The molecule has 0 aliphatic carbocycles. The van der Waals surface area contributed by atoms with E-state index in [4.69, 9.17) is 16.3 Å². The number of thiophene rings is 1. The number of carboxylic acid groups (broad SMARTS) is 1. The second-order valence-electron chi connectivity index (χ2n) is 6.82. The standard InChI is InChI=1S/C20H24ClN5O4S/c1-5-9(6-2)30-17-12-10(7-3)13(19(28)29)31-18(12)26-20(25-17)24-16(27)15-22-11(8-4)14(21)23-15/h9H,5-8H2,1-4H3,(H,22,23)(H,28,29)(H,24,25,26,27). The summed E-state index contributed by atoms with van der Waals surface area (Å²) in [5, 5.41) is 13.0. The van der Waals surface area contributed by atoms with Crippen molar-refractivity contribution in [3.8, 4) is 5.88 Å². The zero-order valence-corrected chi connectivity index (χ0v) is 19.3. The van der Waals surface area contributed by atoms with Gasteiger partial charge in [0.1, 0.15) is 9.71 Å². The van der Waals surface area contributed by atoms with E-state index < -0.39 is 11.9 Å². The van der Waals surface area contributed by atoms with Crippen molar-refractivity contribution in [2.24, 2.45) is 0 Å². The number of fused-ring (bicyclic) bond motifs is 1. The number of hydrogen-bond donors (Lipinski definition) is 3. The van der Waals surface area contributed by atoms with Gasteiger partial charge in [-0.25, -0.2) is 14.8 Å². The van der Waals surface area contributed by atoms with Gasteiger partial charge in [-0.3, -0.25) is 10.1 Å². The molecule has 0 saturated carbocycles. The van der Waals surface area contributed by atoms with Crippen molar-refractivity contribution in [3.63, 3.8) is 0 Å². The Morgan fingerprint density at radius 3 is 2.42 bits per heavy atom. The molecule has 166 valence electrons. The number of amides is 1. The van der Waals surface area contributed by atoms with Crippen molar-refractivity contribution < 1.29 is 19.4 Å². The molecule has 31 heavy (non-hydrogen) atoms. The summed E-state index contributed by atoms with van der Waals surface area (Å²) in [7, 11) is 0. The van der Waals surface area contributed by atoms with E-state index in [0.29, 0.717) is 34.3 Å². The van der Waals surface area contributed by atoms with Crippen LogP contribution in [-0.2, 0) is 12.8 Å². The number of hydrogen-bond acceptors (Lipinski definition) is 7. The Morgan fingerprint density at radius 2 is 1.87 bits per heavy atom. The molecule has 1 amide bonds. The monoisotopic (exact) mass is 465 g/mol. The fourth-order valence-corrected chi connectivity index (χ4v) is 4.54. The molecule has 0 spiro atoms. The minimum Gasteiger partial charge on any atom is -0.477 e. The van der Waals surface area contributed by atoms with Gasteiger partial charge in [0.15, 0.2) is 11.0 Å². The molecule has 3 aromatic rings. The van der Waals surface area contributed by atoms with Crippen LogP contribution in [0.25, 0.3) is 10.2 Å². The van der Waals surface area contributed by atoms with E-state index in [-0.39, 0.29) is 33.8 Å². The van der Waals surface area contributed by atoms with E-state index in [1.54, 1.807) is 0 Å². The maximum absolute atomic E-state index is 12.6. The minimum absolute atomic E-state index is 0.00451. The molecule has 3 N–H and O–H groups in total. The predicted molar refractivity (Wildman–Crippen MR) is 120 cm³/mol. The number of H-pyrrole nitrogens is 1. The Hall–Kier alpha value is -2.72. The summed E-state index contributed by atoms with van der Waals surface area (Å²) in [5.74, 6) is -1.28. The largest absolute Gasteiger partial charge is 0.477 e. The van der Waals surface area contributed by atoms with Crippen molar-refractivity contribution in [2.45, 2.75) is 59.5 Å². The van der Waals surface area contributed by atoms with Crippen LogP contribution in [-0.4, -0.2) is 43.0 Å². The highest BCUT2D eigenvalue weighted by molar-refractivity contribution is 7.20. The lowest BCUT2D eigenvalue weighted by Gasteiger charge is -2.16. The van der Waals surface area contributed by atoms with Crippen molar-refractivity contribution in [3.05, 3.63) is 27.1 Å². The number of aromatic carboxylic acids is 1. The first-order valence-corrected chi connectivity index (χ1v) is 11.3. The van der Waals surface area contributed by atoms with E-state index in [2.05, 4.69) is 25.3 Å². The number of anilines is 1. The van der Waals surface area contributed by atoms with Crippen molar-refractivity contribution in [1.82, 2.24) is 19.9 Å². The van der Waals surface area contributed by atoms with Crippen LogP contribution < -0.4 is 10.1 Å². The van der Waals surface area contributed by atoms with E-state index in [1.807, 2.05) is 27.7 Å². The predicted octanol–water partition coefficient (Wildman–Crippen LogP) is 4.71. The number of aromatic nitrogens is 4. The van der Waals surface area contributed by atoms with Crippen LogP contribution in [0.3, 0.4) is 0 Å². The highest BCUT2D eigenvalue weighted by Gasteiger charge is 2.25. The summed E-state index contributed by atoms with van der Waals surface area (Å²) in [6.45, 7) is 7.76. The maximum atomic E-state index is 12.6. The SMILES string of the molecule is CCc1[nH]c(C(=O)Nc2nc(OC(CC)CC)c3c(CC)c(C(=O)O)sc3n2)nc1Cl. The first-order chi connectivity index (χ1) is 14.8. The van der Waals surface area contributed by atoms with Crippen LogP contribution in [0.2, 0.25) is 5.15 Å². The van der Waals surface area contributed by atoms with Crippen LogP contribution in [0.5, 0.6) is 5.88 Å². The molecule has 0 aliphatic rings. The van der Waals surface area contributed by atoms with Gasteiger partial charge in [0.25, 0.3) is 5.91 Å². The summed E-state index contributed by atoms with van der Waals surface area (Å²) in [6.07, 6.45) is 2.50.